The molecule has 1 atom stereocenters. The Balaban J connectivity index is 1.71. The van der Waals surface area contributed by atoms with E-state index in [9.17, 15) is 9.90 Å². The summed E-state index contributed by atoms with van der Waals surface area (Å²) in [6, 6.07) is 3.82. The molecule has 3 aromatic heterocycles. The van der Waals surface area contributed by atoms with Gasteiger partial charge in [-0.15, -0.1) is 0 Å². The second-order valence-corrected chi connectivity index (χ2v) is 9.51. The first-order chi connectivity index (χ1) is 16.4. The van der Waals surface area contributed by atoms with E-state index < -0.39 is 5.54 Å². The Morgan fingerprint density at radius 3 is 2.79 bits per heavy atom. The van der Waals surface area contributed by atoms with Gasteiger partial charge in [-0.2, -0.15) is 4.98 Å². The molecule has 0 radical (unpaired) electrons. The SMILES string of the molecule is CCCC[C@](C)(CO)Nc1nc(N)nc2cc(-c3cc[nH]c(=O)c3CN3CCCCC3)cnc12. The predicted molar refractivity (Wildman–Crippen MR) is 136 cm³/mol. The molecule has 0 unspecified atom stereocenters. The Labute approximate surface area is 199 Å². The van der Waals surface area contributed by atoms with Gasteiger partial charge in [0.2, 0.25) is 5.95 Å². The zero-order valence-electron chi connectivity index (χ0n) is 20.1. The number of hydrogen-bond donors (Lipinski definition) is 4. The quantitative estimate of drug-likeness (QED) is 0.378. The van der Waals surface area contributed by atoms with Crippen LogP contribution in [0.25, 0.3) is 22.2 Å². The monoisotopic (exact) mass is 465 g/mol. The number of anilines is 2. The molecular formula is C25H35N7O2. The molecule has 0 aromatic carbocycles. The summed E-state index contributed by atoms with van der Waals surface area (Å²) in [6.07, 6.45) is 9.78. The number of aliphatic hydroxyl groups is 1. The number of H-pyrrole nitrogens is 1. The van der Waals surface area contributed by atoms with Crippen LogP contribution in [0, 0.1) is 0 Å². The molecular weight excluding hydrogens is 430 g/mol. The van der Waals surface area contributed by atoms with Crippen molar-refractivity contribution in [3.05, 3.63) is 40.4 Å². The van der Waals surface area contributed by atoms with Crippen molar-refractivity contribution in [2.45, 2.75) is 64.5 Å². The average Bonchev–Trinajstić information content (AvgIpc) is 2.84. The molecule has 0 amide bonds. The summed E-state index contributed by atoms with van der Waals surface area (Å²) in [5.74, 6) is 0.630. The van der Waals surface area contributed by atoms with Crippen LogP contribution in [0.2, 0.25) is 0 Å². The number of aromatic amines is 1. The smallest absolute Gasteiger partial charge is 0.253 e. The number of nitrogen functional groups attached to an aromatic ring is 1. The normalized spacial score (nSPS) is 16.4. The lowest BCUT2D eigenvalue weighted by Gasteiger charge is -2.29. The van der Waals surface area contributed by atoms with Gasteiger partial charge >= 0.3 is 0 Å². The van der Waals surface area contributed by atoms with Crippen molar-refractivity contribution in [2.75, 3.05) is 30.7 Å². The molecule has 1 aliphatic heterocycles. The van der Waals surface area contributed by atoms with Gasteiger partial charge in [-0.05, 0) is 57.0 Å². The molecule has 1 saturated heterocycles. The fourth-order valence-electron chi connectivity index (χ4n) is 4.58. The fraction of sp³-hybridized carbons (Fsp3) is 0.520. The number of fused-ring (bicyclic) bond motifs is 1. The lowest BCUT2D eigenvalue weighted by Crippen LogP contribution is -2.39. The number of rotatable bonds is 9. The largest absolute Gasteiger partial charge is 0.394 e. The minimum absolute atomic E-state index is 0.0386. The van der Waals surface area contributed by atoms with Gasteiger partial charge in [-0.25, -0.2) is 4.98 Å². The van der Waals surface area contributed by atoms with Gasteiger partial charge in [0.15, 0.2) is 5.82 Å². The molecule has 34 heavy (non-hydrogen) atoms. The number of hydrogen-bond acceptors (Lipinski definition) is 8. The molecule has 4 heterocycles. The molecule has 182 valence electrons. The van der Waals surface area contributed by atoms with Crippen molar-refractivity contribution < 1.29 is 5.11 Å². The third-order valence-corrected chi connectivity index (χ3v) is 6.61. The van der Waals surface area contributed by atoms with E-state index in [-0.39, 0.29) is 18.1 Å². The molecule has 0 bridgehead atoms. The summed E-state index contributed by atoms with van der Waals surface area (Å²) in [6.45, 7) is 6.66. The Kier molecular flexibility index (Phi) is 7.43. The zero-order valence-corrected chi connectivity index (χ0v) is 20.1. The minimum Gasteiger partial charge on any atom is -0.394 e. The van der Waals surface area contributed by atoms with Crippen molar-refractivity contribution in [3.63, 3.8) is 0 Å². The van der Waals surface area contributed by atoms with Crippen LogP contribution in [-0.2, 0) is 6.54 Å². The molecule has 0 saturated carbocycles. The topological polar surface area (TPSA) is 133 Å². The molecule has 5 N–H and O–H groups in total. The average molecular weight is 466 g/mol. The van der Waals surface area contributed by atoms with Gasteiger partial charge in [-0.3, -0.25) is 14.7 Å². The van der Waals surface area contributed by atoms with Crippen LogP contribution in [0.4, 0.5) is 11.8 Å². The highest BCUT2D eigenvalue weighted by atomic mass is 16.3. The summed E-state index contributed by atoms with van der Waals surface area (Å²) in [5, 5.41) is 13.4. The first kappa shape index (κ1) is 24.1. The predicted octanol–water partition coefficient (Wildman–Crippen LogP) is 3.30. The summed E-state index contributed by atoms with van der Waals surface area (Å²) < 4.78 is 0. The lowest BCUT2D eigenvalue weighted by atomic mass is 9.96. The van der Waals surface area contributed by atoms with E-state index in [1.54, 1.807) is 12.4 Å². The van der Waals surface area contributed by atoms with Gasteiger partial charge in [0.1, 0.15) is 5.52 Å². The molecule has 4 rings (SSSR count). The summed E-state index contributed by atoms with van der Waals surface area (Å²) in [4.78, 5) is 31.4. The van der Waals surface area contributed by atoms with E-state index in [4.69, 9.17) is 5.73 Å². The highest BCUT2D eigenvalue weighted by Gasteiger charge is 2.25. The van der Waals surface area contributed by atoms with E-state index in [0.29, 0.717) is 23.4 Å². The van der Waals surface area contributed by atoms with Gasteiger partial charge in [0, 0.05) is 30.1 Å². The first-order valence-electron chi connectivity index (χ1n) is 12.2. The number of aliphatic hydroxyl groups excluding tert-OH is 1. The van der Waals surface area contributed by atoms with E-state index >= 15 is 0 Å². The summed E-state index contributed by atoms with van der Waals surface area (Å²) in [5.41, 5.74) is 8.97. The lowest BCUT2D eigenvalue weighted by molar-refractivity contribution is 0.212. The maximum Gasteiger partial charge on any atom is 0.253 e. The highest BCUT2D eigenvalue weighted by Crippen LogP contribution is 2.29. The van der Waals surface area contributed by atoms with Crippen molar-refractivity contribution >= 4 is 22.8 Å². The third kappa shape index (κ3) is 5.37. The molecule has 0 spiro atoms. The first-order valence-corrected chi connectivity index (χ1v) is 12.2. The van der Waals surface area contributed by atoms with E-state index in [2.05, 4.69) is 37.1 Å². The standard InChI is InChI=1S/C25H35N7O2/c1-3-4-9-25(2,16-33)31-22-21-20(29-24(26)30-22)13-17(14-28-21)18-8-10-27-23(34)19(18)15-32-11-6-5-7-12-32/h8,10,13-14,33H,3-7,9,11-12,15-16H2,1-2H3,(H,27,34)(H3,26,29,30,31)/t25-/m1/s1. The molecule has 1 aliphatic rings. The fourth-order valence-corrected chi connectivity index (χ4v) is 4.58. The summed E-state index contributed by atoms with van der Waals surface area (Å²) in [7, 11) is 0. The number of nitrogens with one attached hydrogen (secondary N) is 2. The Hall–Kier alpha value is -3.04. The number of pyridine rings is 2. The number of aromatic nitrogens is 4. The maximum atomic E-state index is 12.8. The number of piperidine rings is 1. The van der Waals surface area contributed by atoms with Crippen LogP contribution >= 0.6 is 0 Å². The highest BCUT2D eigenvalue weighted by molar-refractivity contribution is 5.89. The van der Waals surface area contributed by atoms with Gasteiger partial charge < -0.3 is 21.1 Å². The van der Waals surface area contributed by atoms with Crippen LogP contribution in [0.5, 0.6) is 0 Å². The van der Waals surface area contributed by atoms with Crippen molar-refractivity contribution in [1.29, 1.82) is 0 Å². The third-order valence-electron chi connectivity index (χ3n) is 6.61. The zero-order chi connectivity index (χ0) is 24.1. The Morgan fingerprint density at radius 1 is 1.26 bits per heavy atom. The Bertz CT molecular complexity index is 1190. The minimum atomic E-state index is -0.543. The van der Waals surface area contributed by atoms with Crippen LogP contribution in [0.15, 0.2) is 29.3 Å². The van der Waals surface area contributed by atoms with Crippen molar-refractivity contribution in [3.8, 4) is 11.1 Å². The second kappa shape index (κ2) is 10.5. The number of unbranched alkanes of at least 4 members (excludes halogenated alkanes) is 1. The molecule has 1 fully saturated rings. The van der Waals surface area contributed by atoms with Crippen molar-refractivity contribution in [1.82, 2.24) is 24.8 Å². The van der Waals surface area contributed by atoms with Gasteiger partial charge in [0.25, 0.3) is 5.56 Å². The van der Waals surface area contributed by atoms with Crippen LogP contribution in [0.3, 0.4) is 0 Å². The van der Waals surface area contributed by atoms with Gasteiger partial charge in [-0.1, -0.05) is 26.2 Å². The second-order valence-electron chi connectivity index (χ2n) is 9.51. The van der Waals surface area contributed by atoms with E-state index in [0.717, 1.165) is 61.9 Å². The van der Waals surface area contributed by atoms with Crippen LogP contribution < -0.4 is 16.6 Å². The molecule has 3 aromatic rings. The molecule has 0 aliphatic carbocycles. The van der Waals surface area contributed by atoms with E-state index in [1.807, 2.05) is 19.1 Å². The molecule has 9 heteroatoms. The summed E-state index contributed by atoms with van der Waals surface area (Å²) >= 11 is 0. The van der Waals surface area contributed by atoms with Crippen molar-refractivity contribution in [2.24, 2.45) is 0 Å². The van der Waals surface area contributed by atoms with Crippen LogP contribution in [-0.4, -0.2) is 55.2 Å². The van der Waals surface area contributed by atoms with E-state index in [1.165, 1.54) is 6.42 Å². The maximum absolute atomic E-state index is 12.8. The molecule has 9 nitrogen and oxygen atoms in total. The number of nitrogens with two attached hydrogens (primary N) is 1. The number of nitrogens with zero attached hydrogens (tertiary/aromatic N) is 4. The Morgan fingerprint density at radius 2 is 2.06 bits per heavy atom. The number of likely N-dealkylation sites (tertiary alicyclic amines) is 1. The van der Waals surface area contributed by atoms with Crippen LogP contribution in [0.1, 0.15) is 57.9 Å². The van der Waals surface area contributed by atoms with Gasteiger partial charge in [0.05, 0.1) is 17.7 Å².